The van der Waals surface area contributed by atoms with Crippen molar-refractivity contribution in [2.24, 2.45) is 0 Å². The van der Waals surface area contributed by atoms with Crippen LogP contribution < -0.4 is 4.74 Å². The lowest BCUT2D eigenvalue weighted by Crippen LogP contribution is -1.99. The molecule has 0 aliphatic rings. The third-order valence-corrected chi connectivity index (χ3v) is 4.13. The van der Waals surface area contributed by atoms with E-state index in [1.807, 2.05) is 47.3 Å². The van der Waals surface area contributed by atoms with Gasteiger partial charge in [-0.2, -0.15) is 5.10 Å². The third-order valence-electron chi connectivity index (χ3n) is 3.55. The van der Waals surface area contributed by atoms with Gasteiger partial charge in [0, 0.05) is 30.8 Å². The fraction of sp³-hybridized carbons (Fsp3) is 0.222. The number of nitrogens with zero attached hydrogens (tertiary/aromatic N) is 3. The van der Waals surface area contributed by atoms with E-state index in [0.717, 1.165) is 40.0 Å². The first-order chi connectivity index (χ1) is 11.8. The van der Waals surface area contributed by atoms with E-state index in [2.05, 4.69) is 26.0 Å². The first-order valence-electron chi connectivity index (χ1n) is 7.77. The Morgan fingerprint density at radius 3 is 2.50 bits per heavy atom. The maximum atomic E-state index is 8.76. The van der Waals surface area contributed by atoms with Gasteiger partial charge in [-0.15, -0.1) is 0 Å². The predicted molar refractivity (Wildman–Crippen MR) is 96.3 cm³/mol. The number of halogens is 1. The van der Waals surface area contributed by atoms with Gasteiger partial charge in [-0.05, 0) is 65.2 Å². The van der Waals surface area contributed by atoms with Gasteiger partial charge in [-0.25, -0.2) is 4.68 Å². The van der Waals surface area contributed by atoms with Crippen LogP contribution in [-0.2, 0) is 0 Å². The second kappa shape index (κ2) is 8.08. The molecule has 1 N–H and O–H groups in total. The minimum atomic E-state index is 0.205. The molecule has 1 aromatic carbocycles. The molecular weight excluding hydrogens is 370 g/mol. The first-order valence-corrected chi connectivity index (χ1v) is 8.57. The van der Waals surface area contributed by atoms with Crippen LogP contribution in [0.4, 0.5) is 0 Å². The molecule has 0 unspecified atom stereocenters. The summed E-state index contributed by atoms with van der Waals surface area (Å²) < 4.78 is 8.40. The van der Waals surface area contributed by atoms with Gasteiger partial charge in [-0.3, -0.25) is 4.98 Å². The average molecular weight is 388 g/mol. The predicted octanol–water partition coefficient (Wildman–Crippen LogP) is 3.85. The van der Waals surface area contributed by atoms with Crippen LogP contribution in [0.25, 0.3) is 16.9 Å². The lowest BCUT2D eigenvalue weighted by molar-refractivity contribution is 0.253. The van der Waals surface area contributed by atoms with Gasteiger partial charge in [0.05, 0.1) is 16.8 Å². The number of ether oxygens (including phenoxy) is 1. The highest BCUT2D eigenvalue weighted by Crippen LogP contribution is 2.27. The van der Waals surface area contributed by atoms with Crippen LogP contribution in [0.3, 0.4) is 0 Å². The summed E-state index contributed by atoms with van der Waals surface area (Å²) in [6.45, 7) is 0.815. The van der Waals surface area contributed by atoms with Gasteiger partial charge < -0.3 is 9.84 Å². The van der Waals surface area contributed by atoms with Crippen molar-refractivity contribution in [2.75, 3.05) is 13.2 Å². The van der Waals surface area contributed by atoms with Gasteiger partial charge in [0.15, 0.2) is 0 Å². The van der Waals surface area contributed by atoms with E-state index in [-0.39, 0.29) is 6.61 Å². The molecule has 0 atom stereocenters. The van der Waals surface area contributed by atoms with Crippen molar-refractivity contribution in [3.05, 3.63) is 59.5 Å². The lowest BCUT2D eigenvalue weighted by atomic mass is 10.2. The second-order valence-electron chi connectivity index (χ2n) is 5.28. The molecule has 0 radical (unpaired) electrons. The number of aromatic nitrogens is 3. The molecule has 2 aromatic heterocycles. The Balaban J connectivity index is 1.73. The summed E-state index contributed by atoms with van der Waals surface area (Å²) in [4.78, 5) is 4.03. The number of benzene rings is 1. The number of pyridine rings is 1. The summed E-state index contributed by atoms with van der Waals surface area (Å²) in [5.41, 5.74) is 2.85. The van der Waals surface area contributed by atoms with Crippen molar-refractivity contribution < 1.29 is 9.84 Å². The van der Waals surface area contributed by atoms with Gasteiger partial charge in [0.2, 0.25) is 0 Å². The third kappa shape index (κ3) is 4.01. The summed E-state index contributed by atoms with van der Waals surface area (Å²) >= 11 is 3.57. The quantitative estimate of drug-likeness (QED) is 0.625. The second-order valence-corrected chi connectivity index (χ2v) is 6.13. The fourth-order valence-electron chi connectivity index (χ4n) is 2.29. The molecule has 0 aliphatic heterocycles. The van der Waals surface area contributed by atoms with Crippen LogP contribution in [0.1, 0.15) is 12.8 Å². The number of hydrogen-bond acceptors (Lipinski definition) is 4. The van der Waals surface area contributed by atoms with E-state index < -0.39 is 0 Å². The molecule has 0 saturated heterocycles. The van der Waals surface area contributed by atoms with Gasteiger partial charge >= 0.3 is 0 Å². The maximum absolute atomic E-state index is 8.76. The molecule has 0 spiro atoms. The smallest absolute Gasteiger partial charge is 0.119 e. The largest absolute Gasteiger partial charge is 0.494 e. The summed E-state index contributed by atoms with van der Waals surface area (Å²) in [6, 6.07) is 11.7. The number of hydrogen-bond donors (Lipinski definition) is 1. The maximum Gasteiger partial charge on any atom is 0.119 e. The van der Waals surface area contributed by atoms with Crippen molar-refractivity contribution in [3.63, 3.8) is 0 Å². The highest BCUT2D eigenvalue weighted by Gasteiger charge is 2.10. The number of rotatable bonds is 7. The van der Waals surface area contributed by atoms with Crippen LogP contribution in [0.15, 0.2) is 59.5 Å². The van der Waals surface area contributed by atoms with E-state index in [4.69, 9.17) is 9.84 Å². The van der Waals surface area contributed by atoms with Gasteiger partial charge in [0.1, 0.15) is 11.4 Å². The summed E-state index contributed by atoms with van der Waals surface area (Å²) in [5.74, 6) is 0.817. The van der Waals surface area contributed by atoms with E-state index in [1.165, 1.54) is 0 Å². The zero-order valence-corrected chi connectivity index (χ0v) is 14.7. The number of aliphatic hydroxyl groups is 1. The van der Waals surface area contributed by atoms with Crippen LogP contribution >= 0.6 is 15.9 Å². The Morgan fingerprint density at radius 2 is 1.79 bits per heavy atom. The Labute approximate surface area is 149 Å². The summed E-state index contributed by atoms with van der Waals surface area (Å²) in [6.07, 6.45) is 7.05. The molecule has 3 aromatic rings. The number of unbranched alkanes of at least 4 members (excludes halogenated alkanes) is 1. The van der Waals surface area contributed by atoms with Crippen molar-refractivity contribution >= 4 is 15.9 Å². The van der Waals surface area contributed by atoms with Gasteiger partial charge in [0.25, 0.3) is 0 Å². The molecule has 124 valence electrons. The fourth-order valence-corrected chi connectivity index (χ4v) is 2.79. The van der Waals surface area contributed by atoms with E-state index >= 15 is 0 Å². The average Bonchev–Trinajstić information content (AvgIpc) is 3.02. The molecule has 6 heteroatoms. The highest BCUT2D eigenvalue weighted by atomic mass is 79.9. The van der Waals surface area contributed by atoms with Crippen LogP contribution in [0.2, 0.25) is 0 Å². The molecular formula is C18H18BrN3O2. The van der Waals surface area contributed by atoms with Crippen LogP contribution in [0, 0.1) is 0 Å². The standard InChI is InChI=1S/C18H18BrN3O2/c19-17-13-22(21-18(17)14-7-9-20-10-8-14)15-3-5-16(6-4-15)24-12-2-1-11-23/h3-10,13,23H,1-2,11-12H2. The van der Waals surface area contributed by atoms with Crippen molar-refractivity contribution in [1.29, 1.82) is 0 Å². The molecule has 0 amide bonds. The van der Waals surface area contributed by atoms with E-state index in [1.54, 1.807) is 12.4 Å². The van der Waals surface area contributed by atoms with E-state index in [0.29, 0.717) is 6.61 Å². The zero-order valence-electron chi connectivity index (χ0n) is 13.1. The SMILES string of the molecule is OCCCCOc1ccc(-n2cc(Br)c(-c3ccncc3)n2)cc1. The molecule has 24 heavy (non-hydrogen) atoms. The van der Waals surface area contributed by atoms with Gasteiger partial charge in [-0.1, -0.05) is 0 Å². The highest BCUT2D eigenvalue weighted by molar-refractivity contribution is 9.10. The Bertz CT molecular complexity index is 773. The Kier molecular flexibility index (Phi) is 5.61. The molecule has 0 saturated carbocycles. The van der Waals surface area contributed by atoms with Crippen molar-refractivity contribution in [2.45, 2.75) is 12.8 Å². The van der Waals surface area contributed by atoms with Crippen molar-refractivity contribution in [3.8, 4) is 22.7 Å². The Hall–Kier alpha value is -2.18. The molecule has 0 fully saturated rings. The summed E-state index contributed by atoms with van der Waals surface area (Å²) in [5, 5.41) is 13.4. The molecule has 5 nitrogen and oxygen atoms in total. The van der Waals surface area contributed by atoms with Crippen molar-refractivity contribution in [1.82, 2.24) is 14.8 Å². The minimum absolute atomic E-state index is 0.205. The molecule has 0 bridgehead atoms. The molecule has 3 rings (SSSR count). The monoisotopic (exact) mass is 387 g/mol. The minimum Gasteiger partial charge on any atom is -0.494 e. The van der Waals surface area contributed by atoms with Crippen LogP contribution in [-0.4, -0.2) is 33.1 Å². The molecule has 0 aliphatic carbocycles. The number of aliphatic hydroxyl groups excluding tert-OH is 1. The first kappa shape index (κ1) is 16.7. The molecule has 2 heterocycles. The van der Waals surface area contributed by atoms with Crippen LogP contribution in [0.5, 0.6) is 5.75 Å². The normalized spacial score (nSPS) is 10.8. The lowest BCUT2D eigenvalue weighted by Gasteiger charge is -2.07. The van der Waals surface area contributed by atoms with E-state index in [9.17, 15) is 0 Å². The zero-order chi connectivity index (χ0) is 16.8. The topological polar surface area (TPSA) is 60.2 Å². The summed E-state index contributed by atoms with van der Waals surface area (Å²) in [7, 11) is 0. The Morgan fingerprint density at radius 1 is 1.04 bits per heavy atom.